The van der Waals surface area contributed by atoms with Crippen LogP contribution in [0.15, 0.2) is 60.2 Å². The highest BCUT2D eigenvalue weighted by Gasteiger charge is 2.24. The summed E-state index contributed by atoms with van der Waals surface area (Å²) in [5.74, 6) is 1.01. The van der Waals surface area contributed by atoms with E-state index in [0.717, 1.165) is 0 Å². The summed E-state index contributed by atoms with van der Waals surface area (Å²) < 4.78 is 49.1. The average molecular weight is 965 g/mol. The SMILES string of the molecule is COC(=O)/C(C)=C(\Cl)c1ccc(OC)c(OC)c1.COC(=O)C(C)C(=O)c1ccc(OC)c(OC)c1.COc1ccc(C(=O)Cl)cc1OC.O=C=O.O=C=O.O=P(Cl)(Cl)Cl. The molecule has 0 spiro atoms. The van der Waals surface area contributed by atoms with E-state index < -0.39 is 28.3 Å². The number of esters is 2. The lowest BCUT2D eigenvalue weighted by Gasteiger charge is -2.11. The monoisotopic (exact) mass is 962 g/mol. The lowest BCUT2D eigenvalue weighted by molar-refractivity contribution is -0.193. The maximum atomic E-state index is 12.0. The number of Topliss-reactive ketones (excluding diaryl/α,β-unsaturated/α-hetero) is 1. The highest BCUT2D eigenvalue weighted by molar-refractivity contribution is 8.24. The summed E-state index contributed by atoms with van der Waals surface area (Å²) in [6, 6.07) is 14.7. The van der Waals surface area contributed by atoms with Gasteiger partial charge in [0, 0.05) is 11.1 Å². The third kappa shape index (κ3) is 23.5. The number of benzene rings is 3. The summed E-state index contributed by atoms with van der Waals surface area (Å²) in [6.45, 7) is 3.11. The van der Waals surface area contributed by atoms with E-state index in [1.807, 2.05) is 0 Å². The largest absolute Gasteiger partial charge is 0.493 e. The van der Waals surface area contributed by atoms with Crippen molar-refractivity contribution in [2.75, 3.05) is 56.9 Å². The molecule has 0 aliphatic carbocycles. The van der Waals surface area contributed by atoms with E-state index in [9.17, 15) is 23.7 Å². The molecule has 0 aliphatic heterocycles. The molecule has 1 atom stereocenters. The minimum atomic E-state index is -3.22. The number of carbonyl (C=O) groups excluding carboxylic acids is 8. The molecule has 0 saturated heterocycles. The molecule has 60 heavy (non-hydrogen) atoms. The minimum absolute atomic E-state index is 0.250. The average Bonchev–Trinajstić information content (AvgIpc) is 3.24. The van der Waals surface area contributed by atoms with Crippen LogP contribution in [0.1, 0.15) is 40.1 Å². The molecular formula is C37H40Cl5O17P. The molecule has 0 amide bonds. The van der Waals surface area contributed by atoms with Crippen LogP contribution in [0.5, 0.6) is 34.5 Å². The molecule has 0 aliphatic rings. The van der Waals surface area contributed by atoms with Crippen LogP contribution in [0.4, 0.5) is 0 Å². The highest BCUT2D eigenvalue weighted by Crippen LogP contribution is 2.61. The van der Waals surface area contributed by atoms with E-state index in [-0.39, 0.29) is 18.1 Å². The maximum Gasteiger partial charge on any atom is 0.373 e. The van der Waals surface area contributed by atoms with Crippen LogP contribution in [0, 0.1) is 5.92 Å². The fraction of sp³-hybridized carbons (Fsp3) is 0.297. The van der Waals surface area contributed by atoms with E-state index in [1.54, 1.807) is 62.6 Å². The van der Waals surface area contributed by atoms with Gasteiger partial charge in [-0.2, -0.15) is 19.2 Å². The summed E-state index contributed by atoms with van der Waals surface area (Å²) in [5, 5.41) is -3.41. The molecule has 330 valence electrons. The number of carbonyl (C=O) groups is 4. The fourth-order valence-electron chi connectivity index (χ4n) is 3.91. The molecule has 0 aromatic heterocycles. The zero-order valence-corrected chi connectivity index (χ0v) is 38.2. The van der Waals surface area contributed by atoms with E-state index in [0.29, 0.717) is 61.8 Å². The van der Waals surface area contributed by atoms with Gasteiger partial charge in [0.2, 0.25) is 0 Å². The van der Waals surface area contributed by atoms with Crippen molar-refractivity contribution in [2.24, 2.45) is 5.92 Å². The Kier molecular flexibility index (Phi) is 32.3. The smallest absolute Gasteiger partial charge is 0.373 e. The van der Waals surface area contributed by atoms with Crippen molar-refractivity contribution in [1.82, 2.24) is 0 Å². The number of hydrogen-bond donors (Lipinski definition) is 0. The van der Waals surface area contributed by atoms with Gasteiger partial charge in [-0.1, -0.05) is 11.6 Å². The predicted octanol–water partition coefficient (Wildman–Crippen LogP) is 8.27. The Bertz CT molecular complexity index is 1990. The second-order valence-corrected chi connectivity index (χ2v) is 17.4. The van der Waals surface area contributed by atoms with Crippen LogP contribution in [0.25, 0.3) is 5.03 Å². The lowest BCUT2D eigenvalue weighted by Crippen LogP contribution is -2.22. The first kappa shape index (κ1) is 59.2. The first-order valence-electron chi connectivity index (χ1n) is 15.7. The summed E-state index contributed by atoms with van der Waals surface area (Å²) in [7, 11) is 11.7. The third-order valence-corrected chi connectivity index (χ3v) is 7.40. The first-order chi connectivity index (χ1) is 28.1. The molecular weight excluding hydrogens is 925 g/mol. The Hall–Kier alpha value is -5.08. The number of methoxy groups -OCH3 is 8. The van der Waals surface area contributed by atoms with Crippen LogP contribution in [0.3, 0.4) is 0 Å². The van der Waals surface area contributed by atoms with Crippen molar-refractivity contribution >= 4 is 102 Å². The zero-order chi connectivity index (χ0) is 47.2. The molecule has 23 heteroatoms. The van der Waals surface area contributed by atoms with Gasteiger partial charge in [0.25, 0.3) is 5.24 Å². The molecule has 0 heterocycles. The fourth-order valence-corrected chi connectivity index (χ4v) is 4.23. The molecule has 0 N–H and O–H groups in total. The van der Waals surface area contributed by atoms with Gasteiger partial charge in [0.1, 0.15) is 5.92 Å². The van der Waals surface area contributed by atoms with Crippen LogP contribution < -0.4 is 28.4 Å². The first-order valence-corrected chi connectivity index (χ1v) is 20.9. The highest BCUT2D eigenvalue weighted by atomic mass is 36.0. The predicted molar refractivity (Wildman–Crippen MR) is 220 cm³/mol. The van der Waals surface area contributed by atoms with Crippen molar-refractivity contribution < 1.29 is 80.8 Å². The summed E-state index contributed by atoms with van der Waals surface area (Å²) in [6.07, 6.45) is 0.500. The van der Waals surface area contributed by atoms with Crippen molar-refractivity contribution in [3.05, 3.63) is 76.9 Å². The molecule has 0 saturated carbocycles. The van der Waals surface area contributed by atoms with E-state index in [2.05, 4.69) is 43.2 Å². The normalized spacial score (nSPS) is 10.2. The van der Waals surface area contributed by atoms with Crippen LogP contribution in [-0.4, -0.2) is 92.1 Å². The van der Waals surface area contributed by atoms with Crippen LogP contribution in [-0.2, 0) is 42.8 Å². The maximum absolute atomic E-state index is 12.0. The molecule has 3 rings (SSSR count). The van der Waals surface area contributed by atoms with Crippen molar-refractivity contribution in [3.63, 3.8) is 0 Å². The Balaban J connectivity index is -0.000000728. The summed E-state index contributed by atoms with van der Waals surface area (Å²) in [4.78, 5) is 78.0. The topological polar surface area (TPSA) is 227 Å². The number of hydrogen-bond acceptors (Lipinski definition) is 17. The van der Waals surface area contributed by atoms with Crippen molar-refractivity contribution in [3.8, 4) is 34.5 Å². The number of rotatable bonds is 12. The van der Waals surface area contributed by atoms with Gasteiger partial charge in [-0.3, -0.25) is 18.9 Å². The number of halogens is 5. The van der Waals surface area contributed by atoms with Gasteiger partial charge < -0.3 is 37.9 Å². The van der Waals surface area contributed by atoms with Gasteiger partial charge in [-0.15, -0.1) is 0 Å². The minimum Gasteiger partial charge on any atom is -0.493 e. The molecule has 3 aromatic rings. The summed E-state index contributed by atoms with van der Waals surface area (Å²) in [5.41, 5.74) is 1.77. The van der Waals surface area contributed by atoms with Crippen LogP contribution in [0.2, 0.25) is 0 Å². The standard InChI is InChI=1S/C13H15ClO4.C13H16O5.C9H9ClO3.2CO2.Cl3OP/c2*1-8(13(15)18-4)12(14)9-5-6-10(16-2)11(7-9)17-3;1-12-7-4-3-6(9(10)11)5-8(7)13-2;2*2-1-3;1-5(2,3)4/h5-7H,1-4H3;5-8H,1-4H3;3-5H,1-2H3;;;/b12-8-;;;;;. The number of ketones is 1. The molecule has 3 aromatic carbocycles. The molecule has 17 nitrogen and oxygen atoms in total. The Morgan fingerprint density at radius 3 is 1.15 bits per heavy atom. The number of ether oxygens (including phenoxy) is 8. The van der Waals surface area contributed by atoms with Crippen LogP contribution >= 0.6 is 62.1 Å². The second-order valence-electron chi connectivity index (χ2n) is 10.1. The van der Waals surface area contributed by atoms with Gasteiger partial charge in [-0.05, 0) is 119 Å². The lowest BCUT2D eigenvalue weighted by atomic mass is 9.99. The Labute approximate surface area is 369 Å². The summed E-state index contributed by atoms with van der Waals surface area (Å²) >= 11 is 25.3. The van der Waals surface area contributed by atoms with E-state index in [1.165, 1.54) is 62.8 Å². The van der Waals surface area contributed by atoms with Crippen molar-refractivity contribution in [1.29, 1.82) is 0 Å². The third-order valence-electron chi connectivity index (χ3n) is 6.68. The van der Waals surface area contributed by atoms with Gasteiger partial charge in [0.05, 0.1) is 67.5 Å². The van der Waals surface area contributed by atoms with Crippen molar-refractivity contribution in [2.45, 2.75) is 13.8 Å². The van der Waals surface area contributed by atoms with E-state index in [4.69, 9.17) is 70.8 Å². The van der Waals surface area contributed by atoms with Gasteiger partial charge >= 0.3 is 29.4 Å². The molecule has 0 fully saturated rings. The Morgan fingerprint density at radius 1 is 0.550 bits per heavy atom. The second kappa shape index (κ2) is 32.7. The van der Waals surface area contributed by atoms with E-state index >= 15 is 0 Å². The Morgan fingerprint density at radius 2 is 0.850 bits per heavy atom. The molecule has 0 radical (unpaired) electrons. The van der Waals surface area contributed by atoms with Gasteiger partial charge in [-0.25, -0.2) is 4.79 Å². The quantitative estimate of drug-likeness (QED) is 0.0415. The zero-order valence-electron chi connectivity index (χ0n) is 33.6. The van der Waals surface area contributed by atoms with Gasteiger partial charge in [0.15, 0.2) is 40.3 Å². The molecule has 1 unspecified atom stereocenters. The molecule has 0 bridgehead atoms.